The largest absolute Gasteiger partial charge is 0.392 e. The number of benzene rings is 1. The van der Waals surface area contributed by atoms with E-state index < -0.39 is 0 Å². The quantitative estimate of drug-likeness (QED) is 0.305. The van der Waals surface area contributed by atoms with Crippen molar-refractivity contribution in [1.29, 1.82) is 0 Å². The molecule has 3 nitrogen and oxygen atoms in total. The normalized spacial score (nSPS) is 29.6. The van der Waals surface area contributed by atoms with Crippen LogP contribution in [0.25, 0.3) is 20.7 Å². The summed E-state index contributed by atoms with van der Waals surface area (Å²) in [5, 5.41) is 22.3. The Kier molecular flexibility index (Phi) is 10.1. The van der Waals surface area contributed by atoms with Gasteiger partial charge in [-0.3, -0.25) is 0 Å². The maximum atomic E-state index is 10.6. The first-order chi connectivity index (χ1) is 15.6. The molecule has 1 aromatic carbocycles. The first-order valence-corrected chi connectivity index (χ1v) is 13.1. The second-order valence-electron chi connectivity index (χ2n) is 9.59. The number of hydrogen-bond donors (Lipinski definition) is 2. The van der Waals surface area contributed by atoms with Crippen LogP contribution in [0.5, 0.6) is 0 Å². The standard InChI is InChI=1S/C15H28O2.C13H8NS.Ir/c1-3-11-7-5-9-12-8-4-6-10(2)14(16)13(12)15(11)17;1-2-7-12-10(5-1)9-13(15-12)11-6-3-4-8-14-11;/h10-17H,3-9H2,1-2H3;1-8H;/q;-1;/t10-,11+,12?,13?,14?,15?;;/m1../s1. The molecule has 5 heteroatoms. The minimum atomic E-state index is -0.287. The van der Waals surface area contributed by atoms with Gasteiger partial charge >= 0.3 is 0 Å². The van der Waals surface area contributed by atoms with Crippen molar-refractivity contribution in [2.75, 3.05) is 0 Å². The summed E-state index contributed by atoms with van der Waals surface area (Å²) in [6, 6.07) is 17.6. The summed E-state index contributed by atoms with van der Waals surface area (Å²) in [4.78, 5) is 5.43. The van der Waals surface area contributed by atoms with Crippen LogP contribution in [0.4, 0.5) is 0 Å². The molecule has 3 aromatic rings. The van der Waals surface area contributed by atoms with E-state index in [2.05, 4.69) is 43.1 Å². The summed E-state index contributed by atoms with van der Waals surface area (Å²) in [6.07, 6.45) is 9.44. The average Bonchev–Trinajstić information content (AvgIpc) is 3.13. The van der Waals surface area contributed by atoms with E-state index in [1.807, 2.05) is 30.5 Å². The van der Waals surface area contributed by atoms with E-state index in [0.29, 0.717) is 17.8 Å². The average molecular weight is 643 g/mol. The van der Waals surface area contributed by atoms with Gasteiger partial charge in [0, 0.05) is 37.9 Å². The van der Waals surface area contributed by atoms with Crippen molar-refractivity contribution in [3.8, 4) is 10.6 Å². The number of hydrogen-bond acceptors (Lipinski definition) is 4. The zero-order valence-electron chi connectivity index (χ0n) is 19.6. The second-order valence-corrected chi connectivity index (χ2v) is 10.6. The Morgan fingerprint density at radius 2 is 1.70 bits per heavy atom. The van der Waals surface area contributed by atoms with Gasteiger partial charge in [0.2, 0.25) is 0 Å². The fourth-order valence-corrected chi connectivity index (χ4v) is 6.63. The third-order valence-corrected chi connectivity index (χ3v) is 8.64. The fraction of sp³-hybridized carbons (Fsp3) is 0.536. The zero-order chi connectivity index (χ0) is 22.5. The first kappa shape index (κ1) is 26.5. The van der Waals surface area contributed by atoms with E-state index in [-0.39, 0.29) is 38.2 Å². The van der Waals surface area contributed by atoms with Crippen LogP contribution in [0.1, 0.15) is 58.8 Å². The number of aliphatic hydroxyl groups excluding tert-OH is 2. The van der Waals surface area contributed by atoms with Crippen LogP contribution in [0, 0.1) is 29.7 Å². The van der Waals surface area contributed by atoms with E-state index in [0.717, 1.165) is 29.8 Å². The van der Waals surface area contributed by atoms with Crippen molar-refractivity contribution >= 4 is 21.4 Å². The molecule has 0 saturated heterocycles. The second kappa shape index (κ2) is 12.6. The molecule has 2 saturated carbocycles. The van der Waals surface area contributed by atoms with Gasteiger partial charge in [0.05, 0.1) is 12.2 Å². The summed E-state index contributed by atoms with van der Waals surface area (Å²) >= 11 is 1.73. The van der Waals surface area contributed by atoms with Crippen molar-refractivity contribution in [2.24, 2.45) is 23.7 Å². The molecule has 2 fully saturated rings. The van der Waals surface area contributed by atoms with Crippen molar-refractivity contribution in [1.82, 2.24) is 4.98 Å². The number of rotatable bonds is 2. The molecule has 2 aliphatic carbocycles. The maximum Gasteiger partial charge on any atom is 0.0623 e. The Hall–Kier alpha value is -1.10. The van der Waals surface area contributed by atoms with Gasteiger partial charge in [0.25, 0.3) is 0 Å². The van der Waals surface area contributed by atoms with E-state index in [4.69, 9.17) is 0 Å². The minimum absolute atomic E-state index is 0. The van der Waals surface area contributed by atoms with Crippen molar-refractivity contribution < 1.29 is 30.3 Å². The van der Waals surface area contributed by atoms with Crippen LogP contribution < -0.4 is 0 Å². The predicted molar refractivity (Wildman–Crippen MR) is 134 cm³/mol. The molecule has 2 aliphatic rings. The molecular weight excluding hydrogens is 607 g/mol. The van der Waals surface area contributed by atoms with Gasteiger partial charge in [-0.2, -0.15) is 0 Å². The van der Waals surface area contributed by atoms with Crippen LogP contribution in [-0.4, -0.2) is 27.4 Å². The van der Waals surface area contributed by atoms with E-state index in [9.17, 15) is 10.2 Å². The number of thiophene rings is 1. The topological polar surface area (TPSA) is 53.4 Å². The van der Waals surface area contributed by atoms with E-state index in [1.54, 1.807) is 11.3 Å². The van der Waals surface area contributed by atoms with E-state index >= 15 is 0 Å². The smallest absolute Gasteiger partial charge is 0.0623 e. The Balaban J connectivity index is 0.000000181. The molecule has 0 aliphatic heterocycles. The number of nitrogens with zero attached hydrogens (tertiary/aromatic N) is 1. The molecule has 5 rings (SSSR count). The summed E-state index contributed by atoms with van der Waals surface area (Å²) in [5.41, 5.74) is 0.999. The molecule has 181 valence electrons. The molecule has 2 aromatic heterocycles. The summed E-state index contributed by atoms with van der Waals surface area (Å²) in [6.45, 7) is 4.31. The number of aromatic nitrogens is 1. The number of aliphatic hydroxyl groups is 2. The summed E-state index contributed by atoms with van der Waals surface area (Å²) in [7, 11) is 0. The van der Waals surface area contributed by atoms with E-state index in [1.165, 1.54) is 35.8 Å². The van der Waals surface area contributed by atoms with Crippen LogP contribution in [0.2, 0.25) is 0 Å². The molecule has 0 spiro atoms. The monoisotopic (exact) mass is 643 g/mol. The van der Waals surface area contributed by atoms with Crippen LogP contribution in [0.3, 0.4) is 0 Å². The number of pyridine rings is 1. The van der Waals surface area contributed by atoms with Gasteiger partial charge in [0.1, 0.15) is 0 Å². The zero-order valence-corrected chi connectivity index (χ0v) is 22.8. The van der Waals surface area contributed by atoms with Gasteiger partial charge in [-0.25, -0.2) is 11.3 Å². The Labute approximate surface area is 216 Å². The molecule has 4 unspecified atom stereocenters. The summed E-state index contributed by atoms with van der Waals surface area (Å²) in [5.74, 6) is 1.46. The molecule has 2 heterocycles. The minimum Gasteiger partial charge on any atom is -0.392 e. The fourth-order valence-electron chi connectivity index (χ4n) is 5.64. The Bertz CT molecular complexity index is 945. The predicted octanol–water partition coefficient (Wildman–Crippen LogP) is 6.73. The maximum absolute atomic E-state index is 10.6. The third-order valence-electron chi connectivity index (χ3n) is 7.55. The van der Waals surface area contributed by atoms with Crippen LogP contribution >= 0.6 is 11.3 Å². The molecule has 1 radical (unpaired) electrons. The van der Waals surface area contributed by atoms with Crippen molar-refractivity contribution in [3.05, 3.63) is 54.7 Å². The van der Waals surface area contributed by atoms with Gasteiger partial charge in [-0.1, -0.05) is 57.4 Å². The van der Waals surface area contributed by atoms with Crippen molar-refractivity contribution in [3.63, 3.8) is 0 Å². The van der Waals surface area contributed by atoms with Gasteiger partial charge in [-0.15, -0.1) is 23.6 Å². The van der Waals surface area contributed by atoms with Crippen LogP contribution in [-0.2, 0) is 20.1 Å². The Morgan fingerprint density at radius 3 is 2.39 bits per heavy atom. The van der Waals surface area contributed by atoms with Crippen LogP contribution in [0.15, 0.2) is 48.7 Å². The van der Waals surface area contributed by atoms with Gasteiger partial charge in [-0.05, 0) is 59.1 Å². The van der Waals surface area contributed by atoms with Crippen molar-refractivity contribution in [2.45, 2.75) is 71.0 Å². The SMILES string of the molecule is CC[C@H]1CCCC2CCC[C@@H](C)C(O)C2C1O.[Ir].[c-]1c(-c2ccccn2)sc2ccccc12. The molecule has 2 N–H and O–H groups in total. The number of fused-ring (bicyclic) bond motifs is 2. The summed E-state index contributed by atoms with van der Waals surface area (Å²) < 4.78 is 1.26. The molecular formula is C28H36IrNO2S-. The first-order valence-electron chi connectivity index (χ1n) is 12.3. The third kappa shape index (κ3) is 6.32. The molecule has 0 bridgehead atoms. The molecule has 6 atom stereocenters. The van der Waals surface area contributed by atoms with Gasteiger partial charge in [0.15, 0.2) is 0 Å². The molecule has 0 amide bonds. The van der Waals surface area contributed by atoms with Gasteiger partial charge < -0.3 is 15.2 Å². The Morgan fingerprint density at radius 1 is 0.970 bits per heavy atom. The molecule has 33 heavy (non-hydrogen) atoms.